The Hall–Kier alpha value is -8.18. The highest BCUT2D eigenvalue weighted by molar-refractivity contribution is 6.12. The molecule has 0 bridgehead atoms. The number of ether oxygens (including phenoxy) is 2. The number of nitrogens with zero attached hydrogens (tertiary/aromatic N) is 3. The number of nitrogens with one attached hydrogen (secondary N) is 6. The standard InChI is InChI=1S/C56H62FN9O13/c1-3-56(77)36-22-41-50-34(27-66(41)52(74)35(36)28-79-54(56)76)49-38(15-14-33-31(2)37(57)23-39(63-50)48(33)49)64-53(75)55(18-10-19-55)29-78-30-61-44(69)25-60-51(73)40(21-32-11-6-4-7-12-32)62-45(70)26-59-43(68)24-58-42(67)13-8-5-9-20-65-46(71)16-17-47(65)72/h4,6-7,11-12,16-17,22-23,38,40,77H,3,5,8-10,13-15,18-21,24-30H2,1-2H3,(H,58,67)(H,59,68)(H,60,73)(H,61,69)(H,62,70)(H,64,75)/t38-,40-,56-/m0/s1. The number of cyclic esters (lactones) is 1. The quantitative estimate of drug-likeness (QED) is 0.0211. The van der Waals surface area contributed by atoms with E-state index in [9.17, 15) is 53.1 Å². The minimum absolute atomic E-state index is 0.0394. The average molecular weight is 1090 g/mol. The highest BCUT2D eigenvalue weighted by Gasteiger charge is 2.48. The second kappa shape index (κ2) is 23.4. The first-order chi connectivity index (χ1) is 37.9. The number of aromatic nitrogens is 2. The van der Waals surface area contributed by atoms with Gasteiger partial charge in [0.2, 0.25) is 35.4 Å². The maximum Gasteiger partial charge on any atom is 0.343 e. The van der Waals surface area contributed by atoms with Crippen LogP contribution < -0.4 is 37.5 Å². The van der Waals surface area contributed by atoms with Gasteiger partial charge in [-0.2, -0.15) is 0 Å². The maximum atomic E-state index is 15.5. The molecule has 0 unspecified atom stereocenters. The number of halogens is 1. The molecule has 79 heavy (non-hydrogen) atoms. The number of aryl methyl sites for hydroxylation is 1. The van der Waals surface area contributed by atoms with Crippen molar-refractivity contribution in [1.82, 2.24) is 46.4 Å². The van der Waals surface area contributed by atoms with Crippen molar-refractivity contribution in [3.63, 3.8) is 0 Å². The fourth-order valence-electron chi connectivity index (χ4n) is 11.0. The molecule has 0 saturated heterocycles. The highest BCUT2D eigenvalue weighted by Crippen LogP contribution is 2.47. The SMILES string of the molecule is CC[C@@]1(O)C(=O)OCc2c1cc1n(c2=O)Cc2c-1nc1cc(F)c(C)c3c1c2[C@@H](NC(=O)C1(COCNC(=O)CNC(=O)[C@H](Cc2ccccc2)NC(=O)CNC(=O)CNC(=O)CCCCCN2C(=O)C=CC2=O)CCC1)CC3. The molecule has 2 aliphatic carbocycles. The average Bonchev–Trinajstić information content (AvgIpc) is 3.78. The number of unbranched alkanes of at least 4 members (excludes halogenated alkanes) is 2. The van der Waals surface area contributed by atoms with Crippen molar-refractivity contribution in [2.45, 2.75) is 115 Å². The van der Waals surface area contributed by atoms with Crippen molar-refractivity contribution < 1.29 is 62.1 Å². The third-order valence-corrected chi connectivity index (χ3v) is 15.7. The van der Waals surface area contributed by atoms with Gasteiger partial charge in [0.1, 0.15) is 25.2 Å². The summed E-state index contributed by atoms with van der Waals surface area (Å²) in [6, 6.07) is 10.0. The van der Waals surface area contributed by atoms with Crippen LogP contribution in [0.3, 0.4) is 0 Å². The van der Waals surface area contributed by atoms with Gasteiger partial charge < -0.3 is 51.0 Å². The van der Waals surface area contributed by atoms with E-state index in [2.05, 4.69) is 31.9 Å². The molecule has 1 saturated carbocycles. The minimum atomic E-state index is -2.04. The van der Waals surface area contributed by atoms with E-state index in [0.29, 0.717) is 89.5 Å². The number of rotatable bonds is 23. The summed E-state index contributed by atoms with van der Waals surface area (Å²) in [5.41, 5.74) is 1.25. The summed E-state index contributed by atoms with van der Waals surface area (Å²) in [5, 5.41) is 28.0. The second-order valence-corrected chi connectivity index (χ2v) is 20.7. The van der Waals surface area contributed by atoms with Crippen LogP contribution in [0.5, 0.6) is 0 Å². The van der Waals surface area contributed by atoms with Gasteiger partial charge in [0, 0.05) is 54.1 Å². The van der Waals surface area contributed by atoms with Crippen LogP contribution >= 0.6 is 0 Å². The van der Waals surface area contributed by atoms with Crippen molar-refractivity contribution in [2.75, 3.05) is 39.5 Å². The molecule has 4 aromatic rings. The van der Waals surface area contributed by atoms with Crippen LogP contribution in [0.1, 0.15) is 110 Å². The first kappa shape index (κ1) is 55.6. The van der Waals surface area contributed by atoms with Crippen LogP contribution in [0.15, 0.2) is 59.4 Å². The molecule has 8 amide bonds. The number of esters is 1. The van der Waals surface area contributed by atoms with Crippen LogP contribution in [-0.2, 0) is 84.2 Å². The van der Waals surface area contributed by atoms with Gasteiger partial charge in [-0.3, -0.25) is 48.1 Å². The number of benzene rings is 2. The zero-order valence-electron chi connectivity index (χ0n) is 43.9. The highest BCUT2D eigenvalue weighted by atomic mass is 19.1. The van der Waals surface area contributed by atoms with E-state index in [4.69, 9.17) is 14.5 Å². The predicted octanol–water partition coefficient (Wildman–Crippen LogP) is 1.45. The number of fused-ring (bicyclic) bond motifs is 5. The molecule has 5 aliphatic rings. The van der Waals surface area contributed by atoms with E-state index < -0.39 is 89.6 Å². The summed E-state index contributed by atoms with van der Waals surface area (Å²) in [5.74, 6) is -5.36. The Labute approximate surface area is 452 Å². The largest absolute Gasteiger partial charge is 0.458 e. The van der Waals surface area contributed by atoms with Crippen molar-refractivity contribution in [1.29, 1.82) is 0 Å². The molecule has 0 radical (unpaired) electrons. The molecular weight excluding hydrogens is 1030 g/mol. The number of aliphatic hydroxyl groups is 1. The van der Waals surface area contributed by atoms with Crippen LogP contribution in [0.25, 0.3) is 22.3 Å². The predicted molar refractivity (Wildman–Crippen MR) is 279 cm³/mol. The number of carbonyl (C=O) groups is 9. The zero-order chi connectivity index (χ0) is 56.2. The molecule has 2 aromatic carbocycles. The minimum Gasteiger partial charge on any atom is -0.458 e. The summed E-state index contributed by atoms with van der Waals surface area (Å²) in [6.07, 6.45) is 6.71. The molecule has 3 aliphatic heterocycles. The van der Waals surface area contributed by atoms with E-state index >= 15 is 4.39 Å². The Balaban J connectivity index is 0.761. The number of hydrogen-bond donors (Lipinski definition) is 7. The molecule has 416 valence electrons. The van der Waals surface area contributed by atoms with Crippen molar-refractivity contribution >= 4 is 64.1 Å². The molecule has 1 fully saturated rings. The van der Waals surface area contributed by atoms with Crippen LogP contribution in [0, 0.1) is 18.2 Å². The van der Waals surface area contributed by atoms with E-state index in [1.54, 1.807) is 50.2 Å². The Bertz CT molecular complexity index is 3250. The first-order valence-corrected chi connectivity index (χ1v) is 26.6. The van der Waals surface area contributed by atoms with E-state index in [1.165, 1.54) is 22.8 Å². The van der Waals surface area contributed by atoms with Gasteiger partial charge in [-0.05, 0) is 80.2 Å². The topological polar surface area (TPSA) is 303 Å². The number of carbonyl (C=O) groups excluding carboxylic acids is 9. The molecule has 2 aromatic heterocycles. The Morgan fingerprint density at radius 1 is 0.873 bits per heavy atom. The van der Waals surface area contributed by atoms with Gasteiger partial charge in [0.25, 0.3) is 17.4 Å². The van der Waals surface area contributed by atoms with Gasteiger partial charge in [-0.15, -0.1) is 0 Å². The molecule has 7 N–H and O–H groups in total. The molecule has 0 spiro atoms. The van der Waals surface area contributed by atoms with Crippen molar-refractivity contribution in [2.24, 2.45) is 5.41 Å². The molecule has 22 nitrogen and oxygen atoms in total. The van der Waals surface area contributed by atoms with Crippen molar-refractivity contribution in [3.8, 4) is 11.4 Å². The summed E-state index contributed by atoms with van der Waals surface area (Å²) in [7, 11) is 0. The maximum absolute atomic E-state index is 15.5. The Morgan fingerprint density at radius 3 is 2.30 bits per heavy atom. The Kier molecular flexibility index (Phi) is 16.5. The van der Waals surface area contributed by atoms with Gasteiger partial charge in [-0.1, -0.05) is 50.1 Å². The fraction of sp³-hybridized carbons (Fsp3) is 0.446. The smallest absolute Gasteiger partial charge is 0.343 e. The van der Waals surface area contributed by atoms with Gasteiger partial charge in [0.15, 0.2) is 5.60 Å². The van der Waals surface area contributed by atoms with Crippen LogP contribution in [-0.4, -0.2) is 118 Å². The summed E-state index contributed by atoms with van der Waals surface area (Å²) >= 11 is 0. The lowest BCUT2D eigenvalue weighted by molar-refractivity contribution is -0.172. The molecule has 3 atom stereocenters. The summed E-state index contributed by atoms with van der Waals surface area (Å²) in [4.78, 5) is 135. The third-order valence-electron chi connectivity index (χ3n) is 15.7. The lowest BCUT2D eigenvalue weighted by atomic mass is 9.68. The fourth-order valence-corrected chi connectivity index (χ4v) is 11.0. The Morgan fingerprint density at radius 2 is 1.58 bits per heavy atom. The van der Waals surface area contributed by atoms with Gasteiger partial charge in [-0.25, -0.2) is 14.2 Å². The van der Waals surface area contributed by atoms with E-state index in [1.807, 2.05) is 0 Å². The first-order valence-electron chi connectivity index (χ1n) is 26.6. The monoisotopic (exact) mass is 1090 g/mol. The second-order valence-electron chi connectivity index (χ2n) is 20.7. The lowest BCUT2D eigenvalue weighted by Crippen LogP contribution is -2.52. The third kappa shape index (κ3) is 11.5. The van der Waals surface area contributed by atoms with Crippen molar-refractivity contribution in [3.05, 3.63) is 110 Å². The normalized spacial score (nSPS) is 18.6. The number of imide groups is 1. The molecule has 23 heteroatoms. The van der Waals surface area contributed by atoms with E-state index in [-0.39, 0.29) is 81.1 Å². The zero-order valence-corrected chi connectivity index (χ0v) is 43.9. The summed E-state index contributed by atoms with van der Waals surface area (Å²) in [6.45, 7) is 1.61. The summed E-state index contributed by atoms with van der Waals surface area (Å²) < 4.78 is 28.2. The lowest BCUT2D eigenvalue weighted by Gasteiger charge is -2.41. The van der Waals surface area contributed by atoms with Gasteiger partial charge >= 0.3 is 5.97 Å². The number of amides is 8. The van der Waals surface area contributed by atoms with Crippen LogP contribution in [0.2, 0.25) is 0 Å². The van der Waals surface area contributed by atoms with E-state index in [0.717, 1.165) is 16.9 Å². The van der Waals surface area contributed by atoms with Gasteiger partial charge in [0.05, 0.1) is 66.7 Å². The van der Waals surface area contributed by atoms with Crippen LogP contribution in [0.4, 0.5) is 4.39 Å². The number of pyridine rings is 2. The number of hydrogen-bond acceptors (Lipinski definition) is 14. The molecule has 9 rings (SSSR count). The molecular formula is C56H62FN9O13. The molecule has 5 heterocycles.